The second kappa shape index (κ2) is 4.07. The van der Waals surface area contributed by atoms with Crippen molar-refractivity contribution < 1.29 is 9.13 Å². The summed E-state index contributed by atoms with van der Waals surface area (Å²) in [6.45, 7) is 0. The van der Waals surface area contributed by atoms with E-state index < -0.39 is 0 Å². The van der Waals surface area contributed by atoms with E-state index in [-0.39, 0.29) is 17.3 Å². The fourth-order valence-corrected chi connectivity index (χ4v) is 2.10. The predicted molar refractivity (Wildman–Crippen MR) is 57.4 cm³/mol. The van der Waals surface area contributed by atoms with Gasteiger partial charge in [-0.1, -0.05) is 0 Å². The quantitative estimate of drug-likeness (QED) is 0.750. The maximum absolute atomic E-state index is 12.9. The highest BCUT2D eigenvalue weighted by Gasteiger charge is 2.28. The molecule has 76 valence electrons. The number of benzene rings is 1. The van der Waals surface area contributed by atoms with Gasteiger partial charge in [0.25, 0.3) is 0 Å². The summed E-state index contributed by atoms with van der Waals surface area (Å²) in [7, 11) is 0. The smallest absolute Gasteiger partial charge is 0.137 e. The first kappa shape index (κ1) is 10.2. The average Bonchev–Trinajstić information content (AvgIpc) is 2.09. The minimum Gasteiger partial charge on any atom is -0.490 e. The van der Waals surface area contributed by atoms with E-state index in [0.717, 1.165) is 12.8 Å². The first-order chi connectivity index (χ1) is 6.65. The van der Waals surface area contributed by atoms with Crippen molar-refractivity contribution in [2.75, 3.05) is 0 Å². The molecule has 0 aliphatic heterocycles. The molecule has 1 fully saturated rings. The number of hydrogen-bond acceptors (Lipinski definition) is 1. The molecule has 1 aliphatic rings. The molecule has 0 unspecified atom stereocenters. The van der Waals surface area contributed by atoms with Crippen LogP contribution in [-0.2, 0) is 0 Å². The van der Waals surface area contributed by atoms with Crippen LogP contribution in [0.1, 0.15) is 12.8 Å². The van der Waals surface area contributed by atoms with E-state index in [4.69, 9.17) is 16.3 Å². The van der Waals surface area contributed by atoms with Crippen LogP contribution in [0.15, 0.2) is 22.7 Å². The van der Waals surface area contributed by atoms with E-state index in [1.807, 2.05) is 0 Å². The molecule has 1 aliphatic carbocycles. The van der Waals surface area contributed by atoms with Crippen molar-refractivity contribution >= 4 is 27.5 Å². The Bertz CT molecular complexity index is 339. The third kappa shape index (κ3) is 2.20. The highest BCUT2D eigenvalue weighted by molar-refractivity contribution is 9.10. The van der Waals surface area contributed by atoms with E-state index in [2.05, 4.69) is 15.9 Å². The summed E-state index contributed by atoms with van der Waals surface area (Å²) in [5.74, 6) is 0.410. The summed E-state index contributed by atoms with van der Waals surface area (Å²) < 4.78 is 18.9. The van der Waals surface area contributed by atoms with E-state index in [1.54, 1.807) is 12.1 Å². The van der Waals surface area contributed by atoms with Crippen molar-refractivity contribution in [3.8, 4) is 5.75 Å². The lowest BCUT2D eigenvalue weighted by Crippen LogP contribution is -2.34. The summed E-state index contributed by atoms with van der Waals surface area (Å²) in [6, 6.07) is 4.65. The Balaban J connectivity index is 2.00. The van der Waals surface area contributed by atoms with Gasteiger partial charge in [0.1, 0.15) is 17.7 Å². The molecule has 1 aromatic carbocycles. The van der Waals surface area contributed by atoms with Crippen LogP contribution in [0, 0.1) is 5.82 Å². The molecular formula is C10H9BrClFO. The fourth-order valence-electron chi connectivity index (χ4n) is 1.34. The second-order valence-electron chi connectivity index (χ2n) is 3.38. The zero-order chi connectivity index (χ0) is 10.1. The Morgan fingerprint density at radius 3 is 2.71 bits per heavy atom. The van der Waals surface area contributed by atoms with Gasteiger partial charge in [-0.2, -0.15) is 0 Å². The Morgan fingerprint density at radius 1 is 1.43 bits per heavy atom. The fraction of sp³-hybridized carbons (Fsp3) is 0.400. The van der Waals surface area contributed by atoms with Crippen LogP contribution in [-0.4, -0.2) is 11.5 Å². The van der Waals surface area contributed by atoms with Crippen molar-refractivity contribution in [3.05, 3.63) is 28.5 Å². The van der Waals surface area contributed by atoms with Gasteiger partial charge in [-0.05, 0) is 34.1 Å². The number of hydrogen-bond donors (Lipinski definition) is 0. The van der Waals surface area contributed by atoms with Gasteiger partial charge in [0.05, 0.1) is 4.47 Å². The second-order valence-corrected chi connectivity index (χ2v) is 4.86. The van der Waals surface area contributed by atoms with Crippen molar-refractivity contribution in [2.45, 2.75) is 24.3 Å². The van der Waals surface area contributed by atoms with Crippen molar-refractivity contribution in [2.24, 2.45) is 0 Å². The van der Waals surface area contributed by atoms with Gasteiger partial charge in [0, 0.05) is 18.2 Å². The van der Waals surface area contributed by atoms with Gasteiger partial charge in [-0.15, -0.1) is 11.6 Å². The van der Waals surface area contributed by atoms with Gasteiger partial charge in [0.15, 0.2) is 0 Å². The van der Waals surface area contributed by atoms with Gasteiger partial charge >= 0.3 is 0 Å². The first-order valence-electron chi connectivity index (χ1n) is 4.41. The molecule has 1 nitrogen and oxygen atoms in total. The minimum absolute atomic E-state index is 0.190. The summed E-state index contributed by atoms with van der Waals surface area (Å²) in [5, 5.41) is 0.240. The van der Waals surface area contributed by atoms with Crippen LogP contribution in [0.4, 0.5) is 4.39 Å². The van der Waals surface area contributed by atoms with Crippen molar-refractivity contribution in [1.29, 1.82) is 0 Å². The maximum Gasteiger partial charge on any atom is 0.137 e. The van der Waals surface area contributed by atoms with Gasteiger partial charge in [-0.3, -0.25) is 0 Å². The molecule has 0 atom stereocenters. The molecule has 0 bridgehead atoms. The molecule has 0 aromatic heterocycles. The summed E-state index contributed by atoms with van der Waals surface area (Å²) in [5.41, 5.74) is 0. The van der Waals surface area contributed by atoms with Crippen LogP contribution in [0.5, 0.6) is 5.75 Å². The van der Waals surface area contributed by atoms with Gasteiger partial charge in [0.2, 0.25) is 0 Å². The highest BCUT2D eigenvalue weighted by atomic mass is 79.9. The Hall–Kier alpha value is -0.280. The molecule has 1 aromatic rings. The molecule has 14 heavy (non-hydrogen) atoms. The lowest BCUT2D eigenvalue weighted by atomic mass is 9.95. The molecule has 2 rings (SSSR count). The topological polar surface area (TPSA) is 9.23 Å². The van der Waals surface area contributed by atoms with Crippen LogP contribution in [0.2, 0.25) is 0 Å². The normalized spacial score (nSPS) is 25.6. The van der Waals surface area contributed by atoms with Crippen LogP contribution in [0.25, 0.3) is 0 Å². The van der Waals surface area contributed by atoms with Crippen LogP contribution >= 0.6 is 27.5 Å². The van der Waals surface area contributed by atoms with E-state index in [9.17, 15) is 4.39 Å². The zero-order valence-electron chi connectivity index (χ0n) is 7.34. The molecule has 0 saturated heterocycles. The predicted octanol–water partition coefficient (Wildman–Crippen LogP) is 3.74. The van der Waals surface area contributed by atoms with Crippen molar-refractivity contribution in [3.63, 3.8) is 0 Å². The number of ether oxygens (including phenoxy) is 1. The van der Waals surface area contributed by atoms with E-state index in [1.165, 1.54) is 6.07 Å². The summed E-state index contributed by atoms with van der Waals surface area (Å²) in [4.78, 5) is 0. The monoisotopic (exact) mass is 278 g/mol. The van der Waals surface area contributed by atoms with Crippen LogP contribution < -0.4 is 4.74 Å². The molecule has 4 heteroatoms. The first-order valence-corrected chi connectivity index (χ1v) is 5.64. The third-order valence-electron chi connectivity index (χ3n) is 2.23. The Kier molecular flexibility index (Phi) is 2.98. The molecule has 0 spiro atoms. The minimum atomic E-state index is -0.277. The molecule has 0 N–H and O–H groups in total. The van der Waals surface area contributed by atoms with Crippen LogP contribution in [0.3, 0.4) is 0 Å². The molecule has 0 radical (unpaired) electrons. The standard InChI is InChI=1S/C10H9BrClFO/c11-9-5-7(1-2-10(9)13)14-8-3-6(12)4-8/h1-2,5-6,8H,3-4H2. The maximum atomic E-state index is 12.9. The molecular weight excluding hydrogens is 270 g/mol. The highest BCUT2D eigenvalue weighted by Crippen LogP contribution is 2.31. The van der Waals surface area contributed by atoms with E-state index in [0.29, 0.717) is 10.2 Å². The zero-order valence-corrected chi connectivity index (χ0v) is 9.69. The Labute approximate surface area is 95.3 Å². The lowest BCUT2D eigenvalue weighted by Gasteiger charge is -2.31. The lowest BCUT2D eigenvalue weighted by molar-refractivity contribution is 0.124. The van der Waals surface area contributed by atoms with E-state index >= 15 is 0 Å². The molecule has 0 amide bonds. The van der Waals surface area contributed by atoms with Crippen molar-refractivity contribution in [1.82, 2.24) is 0 Å². The largest absolute Gasteiger partial charge is 0.490 e. The summed E-state index contributed by atoms with van der Waals surface area (Å²) >= 11 is 8.92. The average molecular weight is 280 g/mol. The third-order valence-corrected chi connectivity index (χ3v) is 3.20. The Morgan fingerprint density at radius 2 is 2.14 bits per heavy atom. The summed E-state index contributed by atoms with van der Waals surface area (Å²) in [6.07, 6.45) is 1.93. The molecule has 1 saturated carbocycles. The molecule has 0 heterocycles. The van der Waals surface area contributed by atoms with Gasteiger partial charge in [-0.25, -0.2) is 4.39 Å². The number of alkyl halides is 1. The SMILES string of the molecule is Fc1ccc(OC2CC(Cl)C2)cc1Br. The number of halogens is 3. The number of rotatable bonds is 2. The van der Waals surface area contributed by atoms with Gasteiger partial charge < -0.3 is 4.74 Å².